The lowest BCUT2D eigenvalue weighted by Crippen LogP contribution is -2.38. The summed E-state index contributed by atoms with van der Waals surface area (Å²) in [6.07, 6.45) is 5.90. The lowest BCUT2D eigenvalue weighted by molar-refractivity contribution is 0.242. The summed E-state index contributed by atoms with van der Waals surface area (Å²) < 4.78 is 6.84. The first kappa shape index (κ1) is 14.4. The molecule has 1 aromatic rings. The zero-order chi connectivity index (χ0) is 13.9. The van der Waals surface area contributed by atoms with Gasteiger partial charge in [0.25, 0.3) is 0 Å². The van der Waals surface area contributed by atoms with Crippen LogP contribution in [0.25, 0.3) is 0 Å². The van der Waals surface area contributed by atoms with Crippen molar-refractivity contribution >= 4 is 15.9 Å². The molecule has 0 spiro atoms. The maximum absolute atomic E-state index is 5.77. The van der Waals surface area contributed by atoms with Gasteiger partial charge in [-0.15, -0.1) is 0 Å². The molecular weight excluding hydrogens is 314 g/mol. The molecule has 0 aliphatic heterocycles. The molecule has 0 saturated heterocycles. The van der Waals surface area contributed by atoms with Crippen LogP contribution in [0.4, 0.5) is 0 Å². The van der Waals surface area contributed by atoms with Crippen LogP contribution < -0.4 is 10.1 Å². The lowest BCUT2D eigenvalue weighted by atomic mass is 9.84. The lowest BCUT2D eigenvalue weighted by Gasteiger charge is -2.28. The van der Waals surface area contributed by atoms with Crippen molar-refractivity contribution in [1.29, 1.82) is 0 Å². The minimum Gasteiger partial charge on any atom is -0.492 e. The molecule has 2 fully saturated rings. The van der Waals surface area contributed by atoms with E-state index in [1.807, 2.05) is 24.3 Å². The Balaban J connectivity index is 1.37. The molecule has 20 heavy (non-hydrogen) atoms. The van der Waals surface area contributed by atoms with Crippen LogP contribution in [0.5, 0.6) is 5.75 Å². The number of nitrogens with one attached hydrogen (secondary N) is 1. The second kappa shape index (κ2) is 6.48. The smallest absolute Gasteiger partial charge is 0.120 e. The van der Waals surface area contributed by atoms with Crippen LogP contribution in [-0.2, 0) is 0 Å². The second-order valence-electron chi connectivity index (χ2n) is 6.39. The van der Waals surface area contributed by atoms with E-state index in [2.05, 4.69) is 28.2 Å². The molecule has 1 N–H and O–H groups in total. The molecule has 2 bridgehead atoms. The Morgan fingerprint density at radius 2 is 2.25 bits per heavy atom. The van der Waals surface area contributed by atoms with Crippen molar-refractivity contribution < 1.29 is 4.74 Å². The van der Waals surface area contributed by atoms with Gasteiger partial charge in [-0.25, -0.2) is 0 Å². The molecule has 4 unspecified atom stereocenters. The SMILES string of the molecule is CC(NCCOc1cccc(Br)c1)C1CC2CCC1C2. The molecule has 2 saturated carbocycles. The van der Waals surface area contributed by atoms with Gasteiger partial charge in [0.05, 0.1) is 0 Å². The fourth-order valence-corrected chi connectivity index (χ4v) is 4.45. The number of fused-ring (bicyclic) bond motifs is 2. The van der Waals surface area contributed by atoms with Gasteiger partial charge < -0.3 is 10.1 Å². The minimum atomic E-state index is 0.636. The van der Waals surface area contributed by atoms with E-state index in [9.17, 15) is 0 Å². The van der Waals surface area contributed by atoms with Crippen molar-refractivity contribution in [2.45, 2.75) is 38.6 Å². The molecule has 0 heterocycles. The van der Waals surface area contributed by atoms with E-state index < -0.39 is 0 Å². The van der Waals surface area contributed by atoms with Crippen molar-refractivity contribution in [3.8, 4) is 5.75 Å². The first-order valence-electron chi connectivity index (χ1n) is 7.84. The number of hydrogen-bond donors (Lipinski definition) is 1. The first-order chi connectivity index (χ1) is 9.72. The molecule has 0 aromatic heterocycles. The van der Waals surface area contributed by atoms with Gasteiger partial charge in [0.2, 0.25) is 0 Å². The maximum Gasteiger partial charge on any atom is 0.120 e. The Morgan fingerprint density at radius 1 is 1.35 bits per heavy atom. The fraction of sp³-hybridized carbons (Fsp3) is 0.647. The highest BCUT2D eigenvalue weighted by Gasteiger charge is 2.41. The van der Waals surface area contributed by atoms with E-state index in [0.29, 0.717) is 6.04 Å². The second-order valence-corrected chi connectivity index (χ2v) is 7.30. The highest BCUT2D eigenvalue weighted by molar-refractivity contribution is 9.10. The maximum atomic E-state index is 5.77. The van der Waals surface area contributed by atoms with Crippen LogP contribution in [-0.4, -0.2) is 19.2 Å². The van der Waals surface area contributed by atoms with E-state index in [0.717, 1.165) is 41.1 Å². The molecular formula is C17H24BrNO. The molecule has 2 aliphatic carbocycles. The molecule has 110 valence electrons. The molecule has 1 aromatic carbocycles. The van der Waals surface area contributed by atoms with E-state index in [4.69, 9.17) is 4.74 Å². The molecule has 4 atom stereocenters. The molecule has 0 radical (unpaired) electrons. The van der Waals surface area contributed by atoms with Crippen LogP contribution in [0.3, 0.4) is 0 Å². The van der Waals surface area contributed by atoms with Crippen molar-refractivity contribution in [3.05, 3.63) is 28.7 Å². The Morgan fingerprint density at radius 3 is 2.95 bits per heavy atom. The van der Waals surface area contributed by atoms with Gasteiger partial charge in [0.1, 0.15) is 12.4 Å². The Labute approximate surface area is 130 Å². The van der Waals surface area contributed by atoms with Crippen molar-refractivity contribution in [2.24, 2.45) is 17.8 Å². The third-order valence-electron chi connectivity index (χ3n) is 5.07. The monoisotopic (exact) mass is 337 g/mol. The minimum absolute atomic E-state index is 0.636. The van der Waals surface area contributed by atoms with Crippen LogP contribution in [0.15, 0.2) is 28.7 Å². The van der Waals surface area contributed by atoms with Gasteiger partial charge in [-0.1, -0.05) is 28.4 Å². The largest absolute Gasteiger partial charge is 0.492 e. The van der Waals surface area contributed by atoms with Gasteiger partial charge in [-0.3, -0.25) is 0 Å². The van der Waals surface area contributed by atoms with Gasteiger partial charge >= 0.3 is 0 Å². The van der Waals surface area contributed by atoms with Gasteiger partial charge in [0, 0.05) is 17.1 Å². The molecule has 2 nitrogen and oxygen atoms in total. The van der Waals surface area contributed by atoms with Crippen molar-refractivity contribution in [3.63, 3.8) is 0 Å². The average Bonchev–Trinajstić information content (AvgIpc) is 3.06. The highest BCUT2D eigenvalue weighted by Crippen LogP contribution is 2.49. The fourth-order valence-electron chi connectivity index (χ4n) is 4.07. The summed E-state index contributed by atoms with van der Waals surface area (Å²) in [4.78, 5) is 0. The van der Waals surface area contributed by atoms with Crippen LogP contribution in [0, 0.1) is 17.8 Å². The number of halogens is 1. The predicted octanol–water partition coefficient (Wildman–Crippen LogP) is 4.24. The zero-order valence-corrected chi connectivity index (χ0v) is 13.7. The van der Waals surface area contributed by atoms with Crippen LogP contribution >= 0.6 is 15.9 Å². The summed E-state index contributed by atoms with van der Waals surface area (Å²) in [7, 11) is 0. The Hall–Kier alpha value is -0.540. The summed E-state index contributed by atoms with van der Waals surface area (Å²) in [5, 5.41) is 3.66. The number of rotatable bonds is 6. The van der Waals surface area contributed by atoms with E-state index in [1.54, 1.807) is 0 Å². The Bertz CT molecular complexity index is 450. The summed E-state index contributed by atoms with van der Waals surface area (Å²) in [5.41, 5.74) is 0. The highest BCUT2D eigenvalue weighted by atomic mass is 79.9. The summed E-state index contributed by atoms with van der Waals surface area (Å²) in [6, 6.07) is 8.67. The summed E-state index contributed by atoms with van der Waals surface area (Å²) >= 11 is 3.46. The van der Waals surface area contributed by atoms with Gasteiger partial charge in [0.15, 0.2) is 0 Å². The number of benzene rings is 1. The number of ether oxygens (including phenoxy) is 1. The van der Waals surface area contributed by atoms with Crippen molar-refractivity contribution in [1.82, 2.24) is 5.32 Å². The van der Waals surface area contributed by atoms with Gasteiger partial charge in [-0.05, 0) is 62.1 Å². The van der Waals surface area contributed by atoms with Gasteiger partial charge in [-0.2, -0.15) is 0 Å². The van der Waals surface area contributed by atoms with E-state index in [1.165, 1.54) is 25.7 Å². The van der Waals surface area contributed by atoms with Crippen LogP contribution in [0.1, 0.15) is 32.6 Å². The number of hydrogen-bond acceptors (Lipinski definition) is 2. The third kappa shape index (κ3) is 3.37. The van der Waals surface area contributed by atoms with Crippen molar-refractivity contribution in [2.75, 3.05) is 13.2 Å². The topological polar surface area (TPSA) is 21.3 Å². The standard InChI is InChI=1S/C17H24BrNO/c1-12(17-10-13-5-6-14(17)9-13)19-7-8-20-16-4-2-3-15(18)11-16/h2-4,11-14,17,19H,5-10H2,1H3. The third-order valence-corrected chi connectivity index (χ3v) is 5.56. The summed E-state index contributed by atoms with van der Waals surface area (Å²) in [5.74, 6) is 3.87. The molecule has 0 amide bonds. The summed E-state index contributed by atoms with van der Waals surface area (Å²) in [6.45, 7) is 4.02. The van der Waals surface area contributed by atoms with E-state index >= 15 is 0 Å². The zero-order valence-electron chi connectivity index (χ0n) is 12.1. The predicted molar refractivity (Wildman–Crippen MR) is 86.0 cm³/mol. The van der Waals surface area contributed by atoms with E-state index in [-0.39, 0.29) is 0 Å². The molecule has 3 rings (SSSR count). The quantitative estimate of drug-likeness (QED) is 0.784. The van der Waals surface area contributed by atoms with Crippen LogP contribution in [0.2, 0.25) is 0 Å². The normalized spacial score (nSPS) is 29.6. The molecule has 3 heteroatoms. The molecule has 2 aliphatic rings. The first-order valence-corrected chi connectivity index (χ1v) is 8.63. The Kier molecular flexibility index (Phi) is 4.67. The average molecular weight is 338 g/mol.